The van der Waals surface area contributed by atoms with Crippen molar-refractivity contribution in [2.24, 2.45) is 11.7 Å². The number of carbonyl (C=O) groups excluding carboxylic acids is 1. The van der Waals surface area contributed by atoms with Crippen LogP contribution in [0.15, 0.2) is 78.2 Å². The molecule has 9 heteroatoms. The largest absolute Gasteiger partial charge is 0.493 e. The number of ether oxygens (including phenoxy) is 4. The van der Waals surface area contributed by atoms with Crippen LogP contribution in [0.2, 0.25) is 0 Å². The number of allylic oxidation sites excluding steroid dienone is 1. The molecule has 0 fully saturated rings. The van der Waals surface area contributed by atoms with Gasteiger partial charge < -0.3 is 24.7 Å². The van der Waals surface area contributed by atoms with Crippen LogP contribution in [0, 0.1) is 17.2 Å². The summed E-state index contributed by atoms with van der Waals surface area (Å²) in [6, 6.07) is 22.4. The van der Waals surface area contributed by atoms with E-state index in [1.54, 1.807) is 36.4 Å². The zero-order valence-corrected chi connectivity index (χ0v) is 23.2. The van der Waals surface area contributed by atoms with Crippen molar-refractivity contribution >= 4 is 5.97 Å². The molecule has 0 aliphatic carbocycles. The number of benzene rings is 3. The second kappa shape index (κ2) is 11.5. The van der Waals surface area contributed by atoms with E-state index in [1.165, 1.54) is 19.8 Å². The third kappa shape index (κ3) is 5.32. The molecule has 3 aromatic carbocycles. The molecule has 1 aliphatic heterocycles. The zero-order valence-electron chi connectivity index (χ0n) is 23.2. The lowest BCUT2D eigenvalue weighted by Crippen LogP contribution is -2.21. The molecule has 3 N–H and O–H groups in total. The van der Waals surface area contributed by atoms with Crippen molar-refractivity contribution < 1.29 is 23.7 Å². The number of methoxy groups -OCH3 is 2. The second-order valence-corrected chi connectivity index (χ2v) is 10.0. The normalized spacial score (nSPS) is 14.2. The number of nitrogens with one attached hydrogen (secondary N) is 1. The maximum absolute atomic E-state index is 12.9. The van der Waals surface area contributed by atoms with Gasteiger partial charge in [-0.05, 0) is 47.7 Å². The van der Waals surface area contributed by atoms with Gasteiger partial charge in [0.2, 0.25) is 17.5 Å². The summed E-state index contributed by atoms with van der Waals surface area (Å²) in [6.45, 7) is 4.36. The fourth-order valence-electron chi connectivity index (χ4n) is 4.97. The molecule has 0 bridgehead atoms. The number of hydrogen-bond acceptors (Lipinski definition) is 8. The summed E-state index contributed by atoms with van der Waals surface area (Å²) in [5, 5.41) is 17.6. The highest BCUT2D eigenvalue weighted by Crippen LogP contribution is 2.49. The van der Waals surface area contributed by atoms with Crippen molar-refractivity contribution in [2.75, 3.05) is 14.2 Å². The Labute approximate surface area is 238 Å². The van der Waals surface area contributed by atoms with E-state index in [0.29, 0.717) is 28.3 Å². The first-order valence-electron chi connectivity index (χ1n) is 13.1. The van der Waals surface area contributed by atoms with Gasteiger partial charge in [0.05, 0.1) is 37.0 Å². The highest BCUT2D eigenvalue weighted by molar-refractivity contribution is 5.91. The maximum Gasteiger partial charge on any atom is 0.343 e. The Morgan fingerprint density at radius 3 is 2.32 bits per heavy atom. The van der Waals surface area contributed by atoms with Gasteiger partial charge in [-0.1, -0.05) is 56.3 Å². The molecule has 0 unspecified atom stereocenters. The van der Waals surface area contributed by atoms with Gasteiger partial charge in [0.15, 0.2) is 11.5 Å². The molecule has 0 saturated carbocycles. The number of aromatic amines is 1. The van der Waals surface area contributed by atoms with E-state index >= 15 is 0 Å². The standard InChI is InChI=1S/C32H30N4O5/c1-18(2)14-19-10-12-20(13-11-19)28-27-26(23(17-33)30(34)41-31(27)36-35-28)22-15-24(38-3)29(25(16-22)39-4)40-32(37)21-8-6-5-7-9-21/h5-13,15-16,18,26H,14,34H2,1-4H3,(H,35,36)/t26-/m1/s1. The van der Waals surface area contributed by atoms with Gasteiger partial charge in [0.25, 0.3) is 0 Å². The van der Waals surface area contributed by atoms with E-state index in [2.05, 4.69) is 42.2 Å². The van der Waals surface area contributed by atoms with Crippen LogP contribution in [-0.2, 0) is 6.42 Å². The van der Waals surface area contributed by atoms with E-state index in [-0.39, 0.29) is 34.6 Å². The van der Waals surface area contributed by atoms with Crippen molar-refractivity contribution in [1.29, 1.82) is 5.26 Å². The number of H-pyrrole nitrogens is 1. The summed E-state index contributed by atoms with van der Waals surface area (Å²) in [5.41, 5.74) is 10.8. The predicted octanol–water partition coefficient (Wildman–Crippen LogP) is 5.73. The van der Waals surface area contributed by atoms with E-state index in [4.69, 9.17) is 24.7 Å². The summed E-state index contributed by atoms with van der Waals surface area (Å²) in [7, 11) is 2.93. The fourth-order valence-corrected chi connectivity index (χ4v) is 4.97. The number of carbonyl (C=O) groups is 1. The van der Waals surface area contributed by atoms with Crippen LogP contribution in [0.4, 0.5) is 0 Å². The first kappa shape index (κ1) is 27.3. The molecule has 4 aromatic rings. The maximum atomic E-state index is 12.9. The number of rotatable bonds is 8. The van der Waals surface area contributed by atoms with Gasteiger partial charge >= 0.3 is 5.97 Å². The summed E-state index contributed by atoms with van der Waals surface area (Å²) in [4.78, 5) is 12.9. The SMILES string of the molecule is COc1cc([C@@H]2C(C#N)=C(N)Oc3n[nH]c(-c4ccc(CC(C)C)cc4)c32)cc(OC)c1OC(=O)c1ccccc1. The first-order valence-corrected chi connectivity index (χ1v) is 13.1. The van der Waals surface area contributed by atoms with E-state index in [0.717, 1.165) is 12.0 Å². The molecule has 0 spiro atoms. The molecule has 9 nitrogen and oxygen atoms in total. The van der Waals surface area contributed by atoms with E-state index in [9.17, 15) is 10.1 Å². The molecule has 41 heavy (non-hydrogen) atoms. The van der Waals surface area contributed by atoms with Gasteiger partial charge in [-0.2, -0.15) is 5.26 Å². The van der Waals surface area contributed by atoms with E-state index in [1.807, 2.05) is 18.2 Å². The Balaban J connectivity index is 1.61. The average Bonchev–Trinajstić information content (AvgIpc) is 3.40. The summed E-state index contributed by atoms with van der Waals surface area (Å²) in [5.74, 6) is 0.121. The van der Waals surface area contributed by atoms with Crippen LogP contribution in [0.3, 0.4) is 0 Å². The highest BCUT2D eigenvalue weighted by atomic mass is 16.6. The number of nitriles is 1. The van der Waals surface area contributed by atoms with Crippen LogP contribution in [0.1, 0.15) is 46.8 Å². The Morgan fingerprint density at radius 2 is 1.73 bits per heavy atom. The van der Waals surface area contributed by atoms with Crippen molar-refractivity contribution in [3.63, 3.8) is 0 Å². The van der Waals surface area contributed by atoms with Crippen LogP contribution in [0.5, 0.6) is 23.1 Å². The van der Waals surface area contributed by atoms with Crippen LogP contribution in [0.25, 0.3) is 11.3 Å². The fraction of sp³-hybridized carbons (Fsp3) is 0.219. The summed E-state index contributed by atoms with van der Waals surface area (Å²) < 4.78 is 22.8. The zero-order chi connectivity index (χ0) is 29.1. The van der Waals surface area contributed by atoms with Crippen LogP contribution in [-0.4, -0.2) is 30.4 Å². The molecule has 1 atom stereocenters. The van der Waals surface area contributed by atoms with Crippen LogP contribution >= 0.6 is 0 Å². The third-order valence-electron chi connectivity index (χ3n) is 6.85. The molecule has 5 rings (SSSR count). The Kier molecular flexibility index (Phi) is 7.66. The lowest BCUT2D eigenvalue weighted by Gasteiger charge is -2.25. The van der Waals surface area contributed by atoms with Crippen LogP contribution < -0.4 is 24.7 Å². The van der Waals surface area contributed by atoms with Gasteiger partial charge in [-0.3, -0.25) is 5.10 Å². The molecule has 0 radical (unpaired) electrons. The number of esters is 1. The van der Waals surface area contributed by atoms with Gasteiger partial charge in [0.1, 0.15) is 11.6 Å². The van der Waals surface area contributed by atoms with Crippen molar-refractivity contribution in [3.8, 4) is 40.5 Å². The van der Waals surface area contributed by atoms with Gasteiger partial charge in [0, 0.05) is 5.56 Å². The number of aromatic nitrogens is 2. The van der Waals surface area contributed by atoms with Crippen molar-refractivity contribution in [3.05, 3.63) is 100 Å². The topological polar surface area (TPSA) is 132 Å². The minimum atomic E-state index is -0.672. The molecule has 208 valence electrons. The second-order valence-electron chi connectivity index (χ2n) is 10.0. The van der Waals surface area contributed by atoms with Gasteiger partial charge in [-0.25, -0.2) is 4.79 Å². The number of nitrogens with two attached hydrogens (primary N) is 1. The minimum absolute atomic E-state index is 0.0483. The molecule has 0 amide bonds. The lowest BCUT2D eigenvalue weighted by molar-refractivity contribution is 0.0724. The molecule has 1 aromatic heterocycles. The summed E-state index contributed by atoms with van der Waals surface area (Å²) in [6.07, 6.45) is 0.964. The first-order chi connectivity index (χ1) is 19.8. The number of hydrogen-bond donors (Lipinski definition) is 2. The van der Waals surface area contributed by atoms with Gasteiger partial charge in [-0.15, -0.1) is 5.10 Å². The Hall–Kier alpha value is -5.23. The monoisotopic (exact) mass is 550 g/mol. The quantitative estimate of drug-likeness (QED) is 0.210. The smallest absolute Gasteiger partial charge is 0.343 e. The molecule has 1 aliphatic rings. The lowest BCUT2D eigenvalue weighted by atomic mass is 9.82. The number of fused-ring (bicyclic) bond motifs is 1. The predicted molar refractivity (Wildman–Crippen MR) is 153 cm³/mol. The molecular formula is C32H30N4O5. The Bertz CT molecular complexity index is 1620. The number of nitrogens with zero attached hydrogens (tertiary/aromatic N) is 2. The molecule has 2 heterocycles. The Morgan fingerprint density at radius 1 is 1.07 bits per heavy atom. The van der Waals surface area contributed by atoms with Crippen molar-refractivity contribution in [2.45, 2.75) is 26.2 Å². The molecular weight excluding hydrogens is 520 g/mol. The van der Waals surface area contributed by atoms with Crippen molar-refractivity contribution in [1.82, 2.24) is 10.2 Å². The minimum Gasteiger partial charge on any atom is -0.493 e. The summed E-state index contributed by atoms with van der Waals surface area (Å²) >= 11 is 0. The molecule has 0 saturated heterocycles. The van der Waals surface area contributed by atoms with E-state index < -0.39 is 11.9 Å². The highest BCUT2D eigenvalue weighted by Gasteiger charge is 2.37. The average molecular weight is 551 g/mol. The third-order valence-corrected chi connectivity index (χ3v) is 6.85.